The van der Waals surface area contributed by atoms with Crippen LogP contribution in [0.15, 0.2) is 6.07 Å². The minimum absolute atomic E-state index is 0.122. The van der Waals surface area contributed by atoms with E-state index < -0.39 is 0 Å². The SMILES string of the molecule is Cc1cc(OC(C)C)nc(NCC2(C)CCCNC2)n1. The molecule has 1 unspecified atom stereocenters. The molecular weight excluding hydrogens is 252 g/mol. The minimum atomic E-state index is 0.122. The van der Waals surface area contributed by atoms with Gasteiger partial charge in [0, 0.05) is 24.8 Å². The Labute approximate surface area is 121 Å². The number of anilines is 1. The summed E-state index contributed by atoms with van der Waals surface area (Å²) in [4.78, 5) is 8.86. The van der Waals surface area contributed by atoms with E-state index in [9.17, 15) is 0 Å². The van der Waals surface area contributed by atoms with E-state index in [4.69, 9.17) is 4.74 Å². The molecule has 1 aromatic rings. The molecule has 5 nitrogen and oxygen atoms in total. The summed E-state index contributed by atoms with van der Waals surface area (Å²) in [5, 5.41) is 6.82. The lowest BCUT2D eigenvalue weighted by atomic mass is 9.83. The molecular formula is C15H26N4O. The molecule has 20 heavy (non-hydrogen) atoms. The number of nitrogens with one attached hydrogen (secondary N) is 2. The monoisotopic (exact) mass is 278 g/mol. The molecule has 0 aliphatic carbocycles. The topological polar surface area (TPSA) is 59.1 Å². The van der Waals surface area contributed by atoms with Crippen molar-refractivity contribution >= 4 is 5.95 Å². The fraction of sp³-hybridized carbons (Fsp3) is 0.733. The molecule has 1 aromatic heterocycles. The van der Waals surface area contributed by atoms with Gasteiger partial charge in [-0.1, -0.05) is 6.92 Å². The second-order valence-corrected chi connectivity index (χ2v) is 6.28. The van der Waals surface area contributed by atoms with Crippen molar-refractivity contribution in [2.24, 2.45) is 5.41 Å². The first-order valence-electron chi connectivity index (χ1n) is 7.44. The summed E-state index contributed by atoms with van der Waals surface area (Å²) in [6, 6.07) is 1.87. The van der Waals surface area contributed by atoms with E-state index in [2.05, 4.69) is 27.5 Å². The quantitative estimate of drug-likeness (QED) is 0.866. The van der Waals surface area contributed by atoms with Crippen LogP contribution in [-0.4, -0.2) is 35.7 Å². The second kappa shape index (κ2) is 6.39. The van der Waals surface area contributed by atoms with Gasteiger partial charge in [0.05, 0.1) is 6.10 Å². The number of hydrogen-bond donors (Lipinski definition) is 2. The molecule has 1 saturated heterocycles. The zero-order valence-electron chi connectivity index (χ0n) is 13.0. The van der Waals surface area contributed by atoms with Crippen LogP contribution in [0, 0.1) is 12.3 Å². The summed E-state index contributed by atoms with van der Waals surface area (Å²) in [6.45, 7) is 11.3. The Morgan fingerprint density at radius 3 is 2.90 bits per heavy atom. The van der Waals surface area contributed by atoms with E-state index in [1.54, 1.807) is 0 Å². The number of aromatic nitrogens is 2. The maximum atomic E-state index is 5.65. The third-order valence-corrected chi connectivity index (χ3v) is 3.55. The first-order valence-corrected chi connectivity index (χ1v) is 7.44. The van der Waals surface area contributed by atoms with Crippen molar-refractivity contribution in [3.63, 3.8) is 0 Å². The Balaban J connectivity index is 1.99. The zero-order chi connectivity index (χ0) is 14.6. The predicted molar refractivity (Wildman–Crippen MR) is 81.2 cm³/mol. The molecule has 0 amide bonds. The van der Waals surface area contributed by atoms with Crippen molar-refractivity contribution in [2.75, 3.05) is 25.0 Å². The van der Waals surface area contributed by atoms with Gasteiger partial charge in [-0.3, -0.25) is 0 Å². The number of ether oxygens (including phenoxy) is 1. The lowest BCUT2D eigenvalue weighted by Gasteiger charge is -2.34. The van der Waals surface area contributed by atoms with Crippen molar-refractivity contribution in [3.05, 3.63) is 11.8 Å². The summed E-state index contributed by atoms with van der Waals surface area (Å²) in [6.07, 6.45) is 2.58. The Hall–Kier alpha value is -1.36. The lowest BCUT2D eigenvalue weighted by Crippen LogP contribution is -2.42. The Kier molecular flexibility index (Phi) is 4.81. The zero-order valence-corrected chi connectivity index (χ0v) is 13.0. The van der Waals surface area contributed by atoms with Crippen molar-refractivity contribution in [3.8, 4) is 5.88 Å². The molecule has 1 aliphatic rings. The molecule has 1 atom stereocenters. The maximum absolute atomic E-state index is 5.65. The highest BCUT2D eigenvalue weighted by Gasteiger charge is 2.26. The van der Waals surface area contributed by atoms with Gasteiger partial charge < -0.3 is 15.4 Å². The van der Waals surface area contributed by atoms with Crippen LogP contribution < -0.4 is 15.4 Å². The van der Waals surface area contributed by atoms with Crippen molar-refractivity contribution < 1.29 is 4.74 Å². The Bertz CT molecular complexity index is 441. The van der Waals surface area contributed by atoms with Crippen LogP contribution in [-0.2, 0) is 0 Å². The van der Waals surface area contributed by atoms with Crippen molar-refractivity contribution in [1.29, 1.82) is 0 Å². The van der Waals surface area contributed by atoms with Gasteiger partial charge in [-0.05, 0) is 45.6 Å². The molecule has 1 fully saturated rings. The van der Waals surface area contributed by atoms with E-state index in [1.807, 2.05) is 26.8 Å². The summed E-state index contributed by atoms with van der Waals surface area (Å²) in [7, 11) is 0. The highest BCUT2D eigenvalue weighted by Crippen LogP contribution is 2.25. The van der Waals surface area contributed by atoms with Gasteiger partial charge in [0.1, 0.15) is 0 Å². The average molecular weight is 278 g/mol. The van der Waals surface area contributed by atoms with Crippen LogP contribution in [0.5, 0.6) is 5.88 Å². The molecule has 0 spiro atoms. The van der Waals surface area contributed by atoms with Gasteiger partial charge in [-0.15, -0.1) is 0 Å². The predicted octanol–water partition coefficient (Wildman–Crippen LogP) is 2.37. The summed E-state index contributed by atoms with van der Waals surface area (Å²) >= 11 is 0. The number of aryl methyl sites for hydroxylation is 1. The second-order valence-electron chi connectivity index (χ2n) is 6.28. The standard InChI is InChI=1S/C15H26N4O/c1-11(2)20-13-8-12(3)18-14(19-13)17-10-15(4)6-5-7-16-9-15/h8,11,16H,5-7,9-10H2,1-4H3,(H,17,18,19). The normalized spacial score (nSPS) is 22.9. The average Bonchev–Trinajstić information content (AvgIpc) is 2.36. The van der Waals surface area contributed by atoms with Crippen LogP contribution in [0.3, 0.4) is 0 Å². The van der Waals surface area contributed by atoms with Gasteiger partial charge in [0.25, 0.3) is 0 Å². The van der Waals surface area contributed by atoms with Gasteiger partial charge in [-0.25, -0.2) is 4.98 Å². The minimum Gasteiger partial charge on any atom is -0.475 e. The fourth-order valence-electron chi connectivity index (χ4n) is 2.48. The largest absolute Gasteiger partial charge is 0.475 e. The van der Waals surface area contributed by atoms with E-state index in [0.29, 0.717) is 11.8 Å². The van der Waals surface area contributed by atoms with E-state index in [-0.39, 0.29) is 11.5 Å². The van der Waals surface area contributed by atoms with Crippen LogP contribution in [0.1, 0.15) is 39.3 Å². The number of rotatable bonds is 5. The Morgan fingerprint density at radius 2 is 2.25 bits per heavy atom. The van der Waals surface area contributed by atoms with Crippen molar-refractivity contribution in [2.45, 2.75) is 46.6 Å². The number of hydrogen-bond acceptors (Lipinski definition) is 5. The van der Waals surface area contributed by atoms with Gasteiger partial charge in [0.15, 0.2) is 0 Å². The molecule has 5 heteroatoms. The molecule has 0 saturated carbocycles. The molecule has 1 aliphatic heterocycles. The highest BCUT2D eigenvalue weighted by molar-refractivity contribution is 5.31. The third-order valence-electron chi connectivity index (χ3n) is 3.55. The summed E-state index contributed by atoms with van der Waals surface area (Å²) in [5.74, 6) is 1.30. The molecule has 0 aromatic carbocycles. The highest BCUT2D eigenvalue weighted by atomic mass is 16.5. The lowest BCUT2D eigenvalue weighted by molar-refractivity contribution is 0.232. The number of piperidine rings is 1. The van der Waals surface area contributed by atoms with Crippen LogP contribution in [0.2, 0.25) is 0 Å². The fourth-order valence-corrected chi connectivity index (χ4v) is 2.48. The molecule has 2 N–H and O–H groups in total. The molecule has 112 valence electrons. The summed E-state index contributed by atoms with van der Waals surface area (Å²) < 4.78 is 5.65. The molecule has 2 heterocycles. The first kappa shape index (κ1) is 15.0. The van der Waals surface area contributed by atoms with Crippen LogP contribution >= 0.6 is 0 Å². The molecule has 0 bridgehead atoms. The number of nitrogens with zero attached hydrogens (tertiary/aromatic N) is 2. The molecule has 0 radical (unpaired) electrons. The Morgan fingerprint density at radius 1 is 1.45 bits per heavy atom. The van der Waals surface area contributed by atoms with Crippen LogP contribution in [0.4, 0.5) is 5.95 Å². The van der Waals surface area contributed by atoms with E-state index >= 15 is 0 Å². The smallest absolute Gasteiger partial charge is 0.226 e. The first-order chi connectivity index (χ1) is 9.47. The van der Waals surface area contributed by atoms with E-state index in [0.717, 1.165) is 25.3 Å². The molecule has 2 rings (SSSR count). The van der Waals surface area contributed by atoms with Crippen LogP contribution in [0.25, 0.3) is 0 Å². The van der Waals surface area contributed by atoms with Crippen molar-refractivity contribution in [1.82, 2.24) is 15.3 Å². The maximum Gasteiger partial charge on any atom is 0.226 e. The van der Waals surface area contributed by atoms with E-state index in [1.165, 1.54) is 12.8 Å². The van der Waals surface area contributed by atoms with Gasteiger partial charge in [-0.2, -0.15) is 4.98 Å². The van der Waals surface area contributed by atoms with Gasteiger partial charge in [0.2, 0.25) is 11.8 Å². The summed E-state index contributed by atoms with van der Waals surface area (Å²) in [5.41, 5.74) is 1.19. The third kappa shape index (κ3) is 4.34. The van der Waals surface area contributed by atoms with Gasteiger partial charge >= 0.3 is 0 Å².